The molecule has 0 aromatic heterocycles. The average Bonchev–Trinajstić information content (AvgIpc) is 2.29. The minimum absolute atomic E-state index is 0.0736. The number of nitrogens with one attached hydrogen (secondary N) is 1. The molecule has 0 radical (unpaired) electrons. The highest BCUT2D eigenvalue weighted by Crippen LogP contribution is 2.36. The van der Waals surface area contributed by atoms with Crippen molar-refractivity contribution in [2.24, 2.45) is 21.8 Å². The Morgan fingerprint density at radius 2 is 1.89 bits per heavy atom. The van der Waals surface area contributed by atoms with E-state index in [0.717, 1.165) is 0 Å². The molecule has 0 heterocycles. The van der Waals surface area contributed by atoms with E-state index < -0.39 is 5.51 Å². The maximum atomic E-state index is 12.1. The van der Waals surface area contributed by atoms with Gasteiger partial charge in [0.1, 0.15) is 0 Å². The first-order chi connectivity index (χ1) is 8.40. The molecule has 0 unspecified atom stereocenters. The zero-order chi connectivity index (χ0) is 13.6. The summed E-state index contributed by atoms with van der Waals surface area (Å²) < 4.78 is 36.2. The molecular formula is C9H10F3N5S. The van der Waals surface area contributed by atoms with Gasteiger partial charge in [0.15, 0.2) is 0 Å². The van der Waals surface area contributed by atoms with Crippen LogP contribution in [0.4, 0.5) is 13.2 Å². The highest BCUT2D eigenvalue weighted by Gasteiger charge is 2.28. The van der Waals surface area contributed by atoms with E-state index in [1.165, 1.54) is 30.5 Å². The number of rotatable bonds is 3. The Balaban J connectivity index is 2.60. The Hall–Kier alpha value is -1.90. The second kappa shape index (κ2) is 6.15. The molecule has 0 aliphatic heterocycles. The van der Waals surface area contributed by atoms with Crippen LogP contribution in [0.2, 0.25) is 0 Å². The van der Waals surface area contributed by atoms with Gasteiger partial charge in [-0.15, -0.1) is 5.10 Å². The molecule has 0 fully saturated rings. The number of thioether (sulfide) groups is 1. The molecule has 0 saturated carbocycles. The van der Waals surface area contributed by atoms with Gasteiger partial charge in [0.05, 0.1) is 6.21 Å². The van der Waals surface area contributed by atoms with Crippen LogP contribution in [0, 0.1) is 0 Å². The first-order valence-electron chi connectivity index (χ1n) is 4.59. The summed E-state index contributed by atoms with van der Waals surface area (Å²) in [6.07, 6.45) is 1.38. The maximum Gasteiger partial charge on any atom is 0.446 e. The third kappa shape index (κ3) is 5.43. The number of hydrogen-bond acceptors (Lipinski definition) is 4. The highest BCUT2D eigenvalue weighted by molar-refractivity contribution is 8.00. The fourth-order valence-electron chi connectivity index (χ4n) is 0.957. The summed E-state index contributed by atoms with van der Waals surface area (Å²) >= 11 is -0.174. The van der Waals surface area contributed by atoms with Gasteiger partial charge in [-0.25, -0.2) is 5.43 Å². The van der Waals surface area contributed by atoms with Crippen molar-refractivity contribution in [1.82, 2.24) is 5.43 Å². The van der Waals surface area contributed by atoms with E-state index in [2.05, 4.69) is 15.6 Å². The monoisotopic (exact) mass is 277 g/mol. The molecule has 5 nitrogen and oxygen atoms in total. The van der Waals surface area contributed by atoms with E-state index in [1.54, 1.807) is 0 Å². The predicted octanol–water partition coefficient (Wildman–Crippen LogP) is 1.41. The molecule has 0 bridgehead atoms. The van der Waals surface area contributed by atoms with Crippen molar-refractivity contribution in [2.75, 3.05) is 0 Å². The van der Waals surface area contributed by atoms with Crippen LogP contribution >= 0.6 is 11.8 Å². The van der Waals surface area contributed by atoms with Gasteiger partial charge in [-0.2, -0.15) is 18.3 Å². The maximum absolute atomic E-state index is 12.1. The zero-order valence-corrected chi connectivity index (χ0v) is 9.79. The number of nitrogens with zero attached hydrogens (tertiary/aromatic N) is 2. The summed E-state index contributed by atoms with van der Waals surface area (Å²) in [5, 5.41) is 6.79. The lowest BCUT2D eigenvalue weighted by atomic mass is 10.2. The Morgan fingerprint density at radius 1 is 1.28 bits per heavy atom. The molecule has 5 N–H and O–H groups in total. The van der Waals surface area contributed by atoms with Crippen molar-refractivity contribution in [3.8, 4) is 0 Å². The van der Waals surface area contributed by atoms with E-state index in [0.29, 0.717) is 5.56 Å². The van der Waals surface area contributed by atoms with E-state index in [-0.39, 0.29) is 22.6 Å². The van der Waals surface area contributed by atoms with E-state index >= 15 is 0 Å². The van der Waals surface area contributed by atoms with E-state index in [9.17, 15) is 13.2 Å². The van der Waals surface area contributed by atoms with E-state index in [1.807, 2.05) is 0 Å². The molecule has 0 spiro atoms. The van der Waals surface area contributed by atoms with Gasteiger partial charge < -0.3 is 11.6 Å². The Bertz CT molecular complexity index is 441. The molecule has 0 saturated heterocycles. The van der Waals surface area contributed by atoms with Crippen molar-refractivity contribution < 1.29 is 13.2 Å². The molecule has 0 amide bonds. The quantitative estimate of drug-likeness (QED) is 0.256. The number of hydrogen-bond donors (Lipinski definition) is 3. The van der Waals surface area contributed by atoms with Crippen LogP contribution in [0.3, 0.4) is 0 Å². The molecule has 18 heavy (non-hydrogen) atoms. The van der Waals surface area contributed by atoms with Gasteiger partial charge in [-0.05, 0) is 29.5 Å². The lowest BCUT2D eigenvalue weighted by molar-refractivity contribution is -0.0328. The normalized spacial score (nSPS) is 12.9. The number of hydrazone groups is 2. The van der Waals surface area contributed by atoms with Crippen LogP contribution in [-0.2, 0) is 0 Å². The second-order valence-electron chi connectivity index (χ2n) is 3.00. The third-order valence-electron chi connectivity index (χ3n) is 1.65. The molecule has 1 rings (SSSR count). The van der Waals surface area contributed by atoms with Gasteiger partial charge in [0.2, 0.25) is 5.96 Å². The number of benzene rings is 1. The van der Waals surface area contributed by atoms with Gasteiger partial charge in [0, 0.05) is 4.90 Å². The molecule has 1 aromatic rings. The molecule has 0 atom stereocenters. The second-order valence-corrected chi connectivity index (χ2v) is 4.14. The van der Waals surface area contributed by atoms with Crippen molar-refractivity contribution in [2.45, 2.75) is 10.4 Å². The van der Waals surface area contributed by atoms with Gasteiger partial charge >= 0.3 is 5.51 Å². The third-order valence-corrected chi connectivity index (χ3v) is 2.38. The predicted molar refractivity (Wildman–Crippen MR) is 64.9 cm³/mol. The summed E-state index contributed by atoms with van der Waals surface area (Å²) in [5.74, 6) is 4.77. The van der Waals surface area contributed by atoms with Crippen molar-refractivity contribution in [3.63, 3.8) is 0 Å². The molecular weight excluding hydrogens is 267 g/mol. The van der Waals surface area contributed by atoms with Crippen LogP contribution < -0.4 is 17.0 Å². The zero-order valence-electron chi connectivity index (χ0n) is 8.98. The Morgan fingerprint density at radius 3 is 2.39 bits per heavy atom. The lowest BCUT2D eigenvalue weighted by Crippen LogP contribution is -2.28. The fraction of sp³-hybridized carbons (Fsp3) is 0.111. The topological polar surface area (TPSA) is 88.8 Å². The number of alkyl halides is 3. The summed E-state index contributed by atoms with van der Waals surface area (Å²) in [4.78, 5) is 0.107. The smallest absolute Gasteiger partial charge is 0.367 e. The standard InChI is InChI=1S/C9H10F3N5S/c10-9(11,12)18-7-3-1-6(2-4-7)5-15-17-8(13)16-14/h1-5H,14H2,(H3,13,16,17). The van der Waals surface area contributed by atoms with Crippen LogP contribution in [0.25, 0.3) is 0 Å². The van der Waals surface area contributed by atoms with Gasteiger partial charge in [-0.3, -0.25) is 0 Å². The number of guanidine groups is 1. The average molecular weight is 277 g/mol. The summed E-state index contributed by atoms with van der Waals surface area (Å²) in [7, 11) is 0. The summed E-state index contributed by atoms with van der Waals surface area (Å²) in [5.41, 5.74) is 3.84. The molecule has 0 aliphatic carbocycles. The van der Waals surface area contributed by atoms with Crippen LogP contribution in [0.15, 0.2) is 39.4 Å². The first-order valence-corrected chi connectivity index (χ1v) is 5.40. The first kappa shape index (κ1) is 14.2. The minimum Gasteiger partial charge on any atom is -0.367 e. The minimum atomic E-state index is -4.29. The van der Waals surface area contributed by atoms with Gasteiger partial charge in [-0.1, -0.05) is 12.1 Å². The molecule has 0 aliphatic rings. The molecule has 98 valence electrons. The Kier molecular flexibility index (Phi) is 4.84. The largest absolute Gasteiger partial charge is 0.446 e. The SMILES string of the molecule is NN=C(N)NN=Cc1ccc(SC(F)(F)F)cc1. The number of nitrogens with two attached hydrogens (primary N) is 2. The van der Waals surface area contributed by atoms with Crippen LogP contribution in [0.1, 0.15) is 5.56 Å². The summed E-state index contributed by atoms with van der Waals surface area (Å²) in [6.45, 7) is 0. The molecule has 9 heteroatoms. The van der Waals surface area contributed by atoms with Gasteiger partial charge in [0.25, 0.3) is 0 Å². The lowest BCUT2D eigenvalue weighted by Gasteiger charge is -2.05. The summed E-state index contributed by atoms with van der Waals surface area (Å²) in [6, 6.07) is 5.68. The highest BCUT2D eigenvalue weighted by atomic mass is 32.2. The van der Waals surface area contributed by atoms with Crippen LogP contribution in [0.5, 0.6) is 0 Å². The van der Waals surface area contributed by atoms with Crippen LogP contribution in [-0.4, -0.2) is 17.7 Å². The van der Waals surface area contributed by atoms with Crippen molar-refractivity contribution in [1.29, 1.82) is 0 Å². The Labute approximate surface area is 105 Å². The van der Waals surface area contributed by atoms with Crippen molar-refractivity contribution in [3.05, 3.63) is 29.8 Å². The fourth-order valence-corrected chi connectivity index (χ4v) is 1.50. The molecule has 1 aromatic carbocycles. The number of halogens is 3. The van der Waals surface area contributed by atoms with Crippen molar-refractivity contribution >= 4 is 23.9 Å². The van der Waals surface area contributed by atoms with E-state index in [4.69, 9.17) is 11.6 Å².